The molecule has 0 spiro atoms. The van der Waals surface area contributed by atoms with E-state index in [1.165, 1.54) is 6.42 Å². The number of hydrogen-bond acceptors (Lipinski definition) is 6. The molecule has 0 aliphatic carbocycles. The first-order chi connectivity index (χ1) is 9.83. The minimum Gasteiger partial charge on any atom is -0.478 e. The lowest BCUT2D eigenvalue weighted by Crippen LogP contribution is -2.40. The highest BCUT2D eigenvalue weighted by Gasteiger charge is 2.19. The van der Waals surface area contributed by atoms with Crippen LogP contribution >= 0.6 is 0 Å². The molecule has 2 rings (SSSR count). The van der Waals surface area contributed by atoms with Gasteiger partial charge in [-0.15, -0.1) is 0 Å². The summed E-state index contributed by atoms with van der Waals surface area (Å²) in [5, 5.41) is 12.7. The maximum atomic E-state index is 9.23. The van der Waals surface area contributed by atoms with Crippen LogP contribution in [0.5, 0.6) is 5.88 Å². The van der Waals surface area contributed by atoms with Crippen molar-refractivity contribution >= 4 is 5.95 Å². The van der Waals surface area contributed by atoms with E-state index >= 15 is 0 Å². The van der Waals surface area contributed by atoms with E-state index in [-0.39, 0.29) is 6.61 Å². The van der Waals surface area contributed by atoms with E-state index in [0.717, 1.165) is 25.9 Å². The maximum Gasteiger partial charge on any atom is 0.228 e. The second kappa shape index (κ2) is 8.01. The van der Waals surface area contributed by atoms with Gasteiger partial charge >= 0.3 is 0 Å². The summed E-state index contributed by atoms with van der Waals surface area (Å²) >= 11 is 0. The second-order valence-corrected chi connectivity index (χ2v) is 5.01. The van der Waals surface area contributed by atoms with Gasteiger partial charge in [-0.3, -0.25) is 0 Å². The van der Waals surface area contributed by atoms with Gasteiger partial charge in [0.2, 0.25) is 11.8 Å². The lowest BCUT2D eigenvalue weighted by atomic mass is 10.2. The molecule has 6 heteroatoms. The van der Waals surface area contributed by atoms with Crippen molar-refractivity contribution in [3.63, 3.8) is 0 Å². The van der Waals surface area contributed by atoms with Gasteiger partial charge in [0.1, 0.15) is 0 Å². The molecule has 1 atom stereocenters. The zero-order valence-electron chi connectivity index (χ0n) is 12.1. The van der Waals surface area contributed by atoms with Gasteiger partial charge in [-0.25, -0.2) is 4.98 Å². The zero-order valence-corrected chi connectivity index (χ0v) is 12.1. The van der Waals surface area contributed by atoms with Crippen LogP contribution < -0.4 is 15.0 Å². The summed E-state index contributed by atoms with van der Waals surface area (Å²) in [4.78, 5) is 10.7. The molecule has 1 saturated heterocycles. The molecule has 1 aliphatic rings. The van der Waals surface area contributed by atoms with E-state index in [1.54, 1.807) is 12.3 Å². The average Bonchev–Trinajstić information content (AvgIpc) is 2.98. The van der Waals surface area contributed by atoms with Crippen molar-refractivity contribution in [3.05, 3.63) is 12.3 Å². The number of aromatic nitrogens is 2. The number of ether oxygens (including phenoxy) is 1. The van der Waals surface area contributed by atoms with Crippen molar-refractivity contribution in [1.82, 2.24) is 15.3 Å². The molecule has 0 bridgehead atoms. The minimum absolute atomic E-state index is 0.0934. The summed E-state index contributed by atoms with van der Waals surface area (Å²) in [6.07, 6.45) is 5.03. The first-order valence-electron chi connectivity index (χ1n) is 7.38. The molecule has 1 aliphatic heterocycles. The average molecular weight is 280 g/mol. The van der Waals surface area contributed by atoms with Crippen molar-refractivity contribution in [2.45, 2.75) is 32.2 Å². The lowest BCUT2D eigenvalue weighted by Gasteiger charge is -2.25. The van der Waals surface area contributed by atoms with E-state index < -0.39 is 0 Å². The molecule has 0 aromatic carbocycles. The van der Waals surface area contributed by atoms with Crippen molar-refractivity contribution < 1.29 is 9.84 Å². The summed E-state index contributed by atoms with van der Waals surface area (Å²) < 4.78 is 5.54. The quantitative estimate of drug-likeness (QED) is 0.734. The number of anilines is 1. The summed E-state index contributed by atoms with van der Waals surface area (Å²) in [6.45, 7) is 5.23. The van der Waals surface area contributed by atoms with Gasteiger partial charge in [0, 0.05) is 31.4 Å². The van der Waals surface area contributed by atoms with Gasteiger partial charge in [-0.1, -0.05) is 6.92 Å². The van der Waals surface area contributed by atoms with Gasteiger partial charge in [0.05, 0.1) is 13.2 Å². The topological polar surface area (TPSA) is 70.5 Å². The lowest BCUT2D eigenvalue weighted by molar-refractivity contribution is 0.296. The largest absolute Gasteiger partial charge is 0.478 e. The van der Waals surface area contributed by atoms with E-state index in [9.17, 15) is 5.11 Å². The molecular formula is C14H24N4O2. The molecule has 1 fully saturated rings. The fraction of sp³-hybridized carbons (Fsp3) is 0.714. The fourth-order valence-electron chi connectivity index (χ4n) is 2.34. The van der Waals surface area contributed by atoms with Gasteiger partial charge in [0.25, 0.3) is 0 Å². The van der Waals surface area contributed by atoms with Crippen molar-refractivity contribution in [3.8, 4) is 5.88 Å². The Morgan fingerprint density at radius 3 is 3.15 bits per heavy atom. The number of hydrogen-bond donors (Lipinski definition) is 2. The van der Waals surface area contributed by atoms with Crippen LogP contribution in [0.3, 0.4) is 0 Å². The highest BCUT2D eigenvalue weighted by Crippen LogP contribution is 2.15. The van der Waals surface area contributed by atoms with E-state index in [0.29, 0.717) is 31.0 Å². The predicted octanol–water partition coefficient (Wildman–Crippen LogP) is 0.816. The summed E-state index contributed by atoms with van der Waals surface area (Å²) in [7, 11) is 0. The molecule has 0 saturated carbocycles. The third-order valence-corrected chi connectivity index (χ3v) is 3.33. The Balaban J connectivity index is 2.02. The molecule has 1 aromatic heterocycles. The third-order valence-electron chi connectivity index (χ3n) is 3.33. The van der Waals surface area contributed by atoms with Crippen molar-refractivity contribution in [1.29, 1.82) is 0 Å². The molecule has 1 aromatic rings. The van der Waals surface area contributed by atoms with E-state index in [1.807, 2.05) is 4.90 Å². The second-order valence-electron chi connectivity index (χ2n) is 5.01. The Kier molecular flexibility index (Phi) is 6.01. The number of aliphatic hydroxyl groups excluding tert-OH is 1. The van der Waals surface area contributed by atoms with Gasteiger partial charge < -0.3 is 20.1 Å². The Labute approximate surface area is 120 Å². The highest BCUT2D eigenvalue weighted by atomic mass is 16.5. The smallest absolute Gasteiger partial charge is 0.228 e. The Morgan fingerprint density at radius 2 is 2.45 bits per heavy atom. The highest BCUT2D eigenvalue weighted by molar-refractivity contribution is 5.32. The summed E-state index contributed by atoms with van der Waals surface area (Å²) in [6, 6.07) is 2.22. The third kappa shape index (κ3) is 4.31. The number of aliphatic hydroxyl groups is 1. The van der Waals surface area contributed by atoms with Crippen LogP contribution in [0, 0.1) is 0 Å². The Morgan fingerprint density at radius 1 is 1.55 bits per heavy atom. The molecule has 2 N–H and O–H groups in total. The predicted molar refractivity (Wildman–Crippen MR) is 78.1 cm³/mol. The molecule has 6 nitrogen and oxygen atoms in total. The number of nitrogens with zero attached hydrogens (tertiary/aromatic N) is 3. The van der Waals surface area contributed by atoms with Gasteiger partial charge in [0.15, 0.2) is 0 Å². The molecular weight excluding hydrogens is 256 g/mol. The summed E-state index contributed by atoms with van der Waals surface area (Å²) in [5.41, 5.74) is 0. The summed E-state index contributed by atoms with van der Waals surface area (Å²) in [5.74, 6) is 1.22. The normalized spacial score (nSPS) is 18.2. The number of rotatable bonds is 8. The fourth-order valence-corrected chi connectivity index (χ4v) is 2.34. The van der Waals surface area contributed by atoms with Crippen molar-refractivity contribution in [2.75, 3.05) is 37.7 Å². The first-order valence-corrected chi connectivity index (χ1v) is 7.38. The standard InChI is InChI=1S/C14H24N4O2/c1-2-10-20-13-5-7-16-14(17-13)18(8-9-19)11-12-4-3-6-15-12/h5,7,12,15,19H,2-4,6,8-11H2,1H3. The molecule has 2 heterocycles. The van der Waals surface area contributed by atoms with Gasteiger partial charge in [-0.2, -0.15) is 4.98 Å². The van der Waals surface area contributed by atoms with Crippen LogP contribution in [-0.4, -0.2) is 54.0 Å². The van der Waals surface area contributed by atoms with Crippen LogP contribution in [0.25, 0.3) is 0 Å². The molecule has 0 radical (unpaired) electrons. The van der Waals surface area contributed by atoms with Crippen LogP contribution in [0.4, 0.5) is 5.95 Å². The van der Waals surface area contributed by atoms with Crippen LogP contribution in [0.15, 0.2) is 12.3 Å². The van der Waals surface area contributed by atoms with Crippen LogP contribution in [-0.2, 0) is 0 Å². The molecule has 0 amide bonds. The van der Waals surface area contributed by atoms with Crippen LogP contribution in [0.1, 0.15) is 26.2 Å². The van der Waals surface area contributed by atoms with Crippen molar-refractivity contribution in [2.24, 2.45) is 0 Å². The monoisotopic (exact) mass is 280 g/mol. The zero-order chi connectivity index (χ0) is 14.2. The molecule has 112 valence electrons. The van der Waals surface area contributed by atoms with E-state index in [2.05, 4.69) is 22.2 Å². The van der Waals surface area contributed by atoms with Gasteiger partial charge in [-0.05, 0) is 25.8 Å². The first kappa shape index (κ1) is 15.0. The Bertz CT molecular complexity index is 397. The minimum atomic E-state index is 0.0934. The van der Waals surface area contributed by atoms with E-state index in [4.69, 9.17) is 4.74 Å². The molecule has 1 unspecified atom stereocenters. The SMILES string of the molecule is CCCOc1ccnc(N(CCO)CC2CCCN2)n1. The Hall–Kier alpha value is -1.40. The maximum absolute atomic E-state index is 9.23. The number of nitrogens with one attached hydrogen (secondary N) is 1. The molecule has 20 heavy (non-hydrogen) atoms. The van der Waals surface area contributed by atoms with Crippen LogP contribution in [0.2, 0.25) is 0 Å².